The van der Waals surface area contributed by atoms with E-state index in [-0.39, 0.29) is 24.0 Å². The summed E-state index contributed by atoms with van der Waals surface area (Å²) in [6, 6.07) is 7.32. The molecule has 0 saturated heterocycles. The Morgan fingerprint density at radius 3 is 2.65 bits per heavy atom. The zero-order valence-electron chi connectivity index (χ0n) is 12.8. The van der Waals surface area contributed by atoms with Crippen molar-refractivity contribution in [3.05, 3.63) is 35.5 Å². The lowest BCUT2D eigenvalue weighted by atomic mass is 10.1. The summed E-state index contributed by atoms with van der Waals surface area (Å²) in [7, 11) is 1.60. The lowest BCUT2D eigenvalue weighted by molar-refractivity contribution is -0.116. The standard InChI is InChI=1S/C15H17N3O3S2/c1-9-14(22-8-12(16)19)23-15(17-9)18-13(20)7-10-3-5-11(21-2)6-4-10/h3-6H,7-8H2,1-2H3,(H2,16,19)(H,17,18,20). The SMILES string of the molecule is COc1ccc(CC(=O)Nc2nc(C)c(SCC(N)=O)s2)cc1. The quantitative estimate of drug-likeness (QED) is 0.746. The molecule has 2 amide bonds. The van der Waals surface area contributed by atoms with E-state index in [2.05, 4.69) is 10.3 Å². The second-order valence-electron chi connectivity index (χ2n) is 4.72. The summed E-state index contributed by atoms with van der Waals surface area (Å²) in [5, 5.41) is 3.30. The van der Waals surface area contributed by atoms with E-state index >= 15 is 0 Å². The van der Waals surface area contributed by atoms with E-state index < -0.39 is 0 Å². The number of thiazole rings is 1. The van der Waals surface area contributed by atoms with Crippen molar-refractivity contribution >= 4 is 40.0 Å². The molecule has 2 rings (SSSR count). The van der Waals surface area contributed by atoms with Crippen LogP contribution in [0.2, 0.25) is 0 Å². The second-order valence-corrected chi connectivity index (χ2v) is 6.96. The summed E-state index contributed by atoms with van der Waals surface area (Å²) >= 11 is 2.67. The van der Waals surface area contributed by atoms with Gasteiger partial charge < -0.3 is 15.8 Å². The Hall–Kier alpha value is -2.06. The molecule has 0 aliphatic rings. The zero-order valence-corrected chi connectivity index (χ0v) is 14.4. The maximum Gasteiger partial charge on any atom is 0.230 e. The minimum Gasteiger partial charge on any atom is -0.497 e. The van der Waals surface area contributed by atoms with Gasteiger partial charge in [0.15, 0.2) is 5.13 Å². The maximum atomic E-state index is 12.1. The molecule has 8 heteroatoms. The molecule has 23 heavy (non-hydrogen) atoms. The Bertz CT molecular complexity index is 698. The van der Waals surface area contributed by atoms with Crippen LogP contribution < -0.4 is 15.8 Å². The van der Waals surface area contributed by atoms with Gasteiger partial charge in [-0.05, 0) is 24.6 Å². The van der Waals surface area contributed by atoms with Gasteiger partial charge in [-0.1, -0.05) is 23.5 Å². The van der Waals surface area contributed by atoms with E-state index in [1.165, 1.54) is 23.1 Å². The normalized spacial score (nSPS) is 10.3. The third-order valence-electron chi connectivity index (χ3n) is 2.87. The van der Waals surface area contributed by atoms with Crippen molar-refractivity contribution in [1.82, 2.24) is 4.98 Å². The van der Waals surface area contributed by atoms with Crippen LogP contribution in [0.5, 0.6) is 5.75 Å². The van der Waals surface area contributed by atoms with Crippen LogP contribution in [-0.2, 0) is 16.0 Å². The Balaban J connectivity index is 1.94. The zero-order chi connectivity index (χ0) is 16.8. The molecule has 2 aromatic rings. The minimum atomic E-state index is -0.382. The molecule has 0 radical (unpaired) electrons. The number of aryl methyl sites for hydroxylation is 1. The van der Waals surface area contributed by atoms with Crippen molar-refractivity contribution in [1.29, 1.82) is 0 Å². The monoisotopic (exact) mass is 351 g/mol. The van der Waals surface area contributed by atoms with Crippen molar-refractivity contribution in [2.75, 3.05) is 18.2 Å². The molecular formula is C15H17N3O3S2. The largest absolute Gasteiger partial charge is 0.497 e. The third kappa shape index (κ3) is 5.26. The topological polar surface area (TPSA) is 94.3 Å². The molecular weight excluding hydrogens is 334 g/mol. The van der Waals surface area contributed by atoms with Crippen molar-refractivity contribution in [2.24, 2.45) is 5.73 Å². The predicted octanol–water partition coefficient (Wildman–Crippen LogP) is 2.22. The number of hydrogen-bond donors (Lipinski definition) is 2. The summed E-state index contributed by atoms with van der Waals surface area (Å²) in [6.07, 6.45) is 0.256. The van der Waals surface area contributed by atoms with Gasteiger partial charge in [0.2, 0.25) is 11.8 Å². The lowest BCUT2D eigenvalue weighted by Crippen LogP contribution is -2.14. The fourth-order valence-corrected chi connectivity index (χ4v) is 3.69. The highest BCUT2D eigenvalue weighted by Crippen LogP contribution is 2.31. The average molecular weight is 351 g/mol. The van der Waals surface area contributed by atoms with Crippen LogP contribution in [0.4, 0.5) is 5.13 Å². The van der Waals surface area contributed by atoms with Gasteiger partial charge in [0.1, 0.15) is 5.75 Å². The summed E-state index contributed by atoms with van der Waals surface area (Å²) < 4.78 is 5.96. The first kappa shape index (κ1) is 17.3. The number of carbonyl (C=O) groups is 2. The molecule has 122 valence electrons. The molecule has 1 aromatic heterocycles. The second kappa shape index (κ2) is 7.98. The molecule has 0 aliphatic carbocycles. The first-order valence-corrected chi connectivity index (χ1v) is 8.59. The number of anilines is 1. The number of thioether (sulfide) groups is 1. The number of methoxy groups -OCH3 is 1. The molecule has 0 spiro atoms. The Morgan fingerprint density at radius 2 is 2.04 bits per heavy atom. The average Bonchev–Trinajstić information content (AvgIpc) is 2.85. The number of amides is 2. The van der Waals surface area contributed by atoms with Gasteiger partial charge in [0, 0.05) is 0 Å². The van der Waals surface area contributed by atoms with E-state index in [1.54, 1.807) is 7.11 Å². The van der Waals surface area contributed by atoms with Gasteiger partial charge in [-0.25, -0.2) is 4.98 Å². The van der Waals surface area contributed by atoms with Crippen molar-refractivity contribution in [3.8, 4) is 5.75 Å². The summed E-state index contributed by atoms with van der Waals surface area (Å²) in [6.45, 7) is 1.83. The van der Waals surface area contributed by atoms with Crippen molar-refractivity contribution in [3.63, 3.8) is 0 Å². The highest BCUT2D eigenvalue weighted by molar-refractivity contribution is 8.01. The highest BCUT2D eigenvalue weighted by Gasteiger charge is 2.12. The first-order chi connectivity index (χ1) is 11.0. The van der Waals surface area contributed by atoms with Crippen LogP contribution in [0.25, 0.3) is 0 Å². The van der Waals surface area contributed by atoms with Gasteiger partial charge >= 0.3 is 0 Å². The van der Waals surface area contributed by atoms with Crippen LogP contribution in [0.1, 0.15) is 11.3 Å². The molecule has 0 atom stereocenters. The van der Waals surface area contributed by atoms with Crippen LogP contribution in [0.3, 0.4) is 0 Å². The number of nitrogens with one attached hydrogen (secondary N) is 1. The van der Waals surface area contributed by atoms with Gasteiger partial charge in [-0.15, -0.1) is 11.8 Å². The van der Waals surface area contributed by atoms with E-state index in [0.717, 1.165) is 21.2 Å². The van der Waals surface area contributed by atoms with E-state index in [0.29, 0.717) is 5.13 Å². The van der Waals surface area contributed by atoms with Gasteiger partial charge in [0.25, 0.3) is 0 Å². The third-order valence-corrected chi connectivity index (χ3v) is 5.33. The van der Waals surface area contributed by atoms with Crippen molar-refractivity contribution < 1.29 is 14.3 Å². The number of ether oxygens (including phenoxy) is 1. The number of benzene rings is 1. The van der Waals surface area contributed by atoms with E-state index in [9.17, 15) is 9.59 Å². The number of hydrogen-bond acceptors (Lipinski definition) is 6. The van der Waals surface area contributed by atoms with Crippen LogP contribution in [0, 0.1) is 6.92 Å². The van der Waals surface area contributed by atoms with Gasteiger partial charge in [-0.2, -0.15) is 0 Å². The fraction of sp³-hybridized carbons (Fsp3) is 0.267. The lowest BCUT2D eigenvalue weighted by Gasteiger charge is -2.03. The van der Waals surface area contributed by atoms with Gasteiger partial charge in [0.05, 0.1) is 29.2 Å². The number of aromatic nitrogens is 1. The number of rotatable bonds is 7. The first-order valence-electron chi connectivity index (χ1n) is 6.79. The number of nitrogens with zero attached hydrogens (tertiary/aromatic N) is 1. The molecule has 0 unspecified atom stereocenters. The maximum absolute atomic E-state index is 12.1. The Morgan fingerprint density at radius 1 is 1.35 bits per heavy atom. The predicted molar refractivity (Wildman–Crippen MR) is 92.1 cm³/mol. The molecule has 1 aromatic carbocycles. The molecule has 0 fully saturated rings. The van der Waals surface area contributed by atoms with Gasteiger partial charge in [-0.3, -0.25) is 9.59 Å². The van der Waals surface area contributed by atoms with Crippen LogP contribution in [-0.4, -0.2) is 29.7 Å². The summed E-state index contributed by atoms with van der Waals surface area (Å²) in [5.74, 6) is 0.423. The summed E-state index contributed by atoms with van der Waals surface area (Å²) in [5.41, 5.74) is 6.80. The van der Waals surface area contributed by atoms with E-state index in [1.807, 2.05) is 31.2 Å². The fourth-order valence-electron chi connectivity index (χ4n) is 1.80. The Labute approximate surface area is 142 Å². The molecule has 1 heterocycles. The molecule has 6 nitrogen and oxygen atoms in total. The molecule has 0 bridgehead atoms. The van der Waals surface area contributed by atoms with Crippen LogP contribution >= 0.6 is 23.1 Å². The van der Waals surface area contributed by atoms with Crippen molar-refractivity contribution in [2.45, 2.75) is 17.6 Å². The smallest absolute Gasteiger partial charge is 0.230 e. The van der Waals surface area contributed by atoms with Crippen LogP contribution in [0.15, 0.2) is 28.5 Å². The number of primary amides is 1. The molecule has 0 saturated carbocycles. The summed E-state index contributed by atoms with van der Waals surface area (Å²) in [4.78, 5) is 27.2. The molecule has 3 N–H and O–H groups in total. The number of nitrogens with two attached hydrogens (primary N) is 1. The van der Waals surface area contributed by atoms with E-state index in [4.69, 9.17) is 10.5 Å². The minimum absolute atomic E-state index is 0.143. The highest BCUT2D eigenvalue weighted by atomic mass is 32.2. The Kier molecular flexibility index (Phi) is 6.00. The molecule has 0 aliphatic heterocycles. The number of carbonyl (C=O) groups excluding carboxylic acids is 2.